The summed E-state index contributed by atoms with van der Waals surface area (Å²) in [7, 11) is 0. The Kier molecular flexibility index (Phi) is 7.85. The van der Waals surface area contributed by atoms with Gasteiger partial charge >= 0.3 is 17.5 Å². The molecule has 0 radical (unpaired) electrons. The number of carbonyl (C=O) groups is 3. The summed E-state index contributed by atoms with van der Waals surface area (Å²) in [4.78, 5) is 39.5. The van der Waals surface area contributed by atoms with Crippen molar-refractivity contribution in [2.24, 2.45) is 0 Å². The SMILES string of the molecule is CCOC(=O)C(O)(C(=O)OCC)c1c(C)c2cc(Cl)ccc2n1-c1ccccc1NC(=O)c1ccccc1. The highest BCUT2D eigenvalue weighted by atomic mass is 35.5. The molecule has 4 rings (SSSR count). The summed E-state index contributed by atoms with van der Waals surface area (Å²) in [6.07, 6.45) is 0. The molecule has 9 heteroatoms. The van der Waals surface area contributed by atoms with E-state index in [0.29, 0.717) is 38.4 Å². The van der Waals surface area contributed by atoms with Crippen LogP contribution in [0.25, 0.3) is 16.6 Å². The molecule has 0 atom stereocenters. The van der Waals surface area contributed by atoms with Crippen LogP contribution in [0.2, 0.25) is 5.02 Å². The number of carbonyl (C=O) groups excluding carboxylic acids is 3. The Balaban J connectivity index is 2.02. The highest BCUT2D eigenvalue weighted by Crippen LogP contribution is 2.40. The molecule has 0 unspecified atom stereocenters. The van der Waals surface area contributed by atoms with Gasteiger partial charge in [-0.05, 0) is 68.8 Å². The third kappa shape index (κ3) is 4.76. The fourth-order valence-corrected chi connectivity index (χ4v) is 4.58. The Morgan fingerprint density at radius 2 is 1.53 bits per heavy atom. The first kappa shape index (κ1) is 26.9. The summed E-state index contributed by atoms with van der Waals surface area (Å²) in [5.74, 6) is -2.72. The van der Waals surface area contributed by atoms with Crippen LogP contribution >= 0.6 is 11.6 Å². The molecule has 38 heavy (non-hydrogen) atoms. The highest BCUT2D eigenvalue weighted by molar-refractivity contribution is 6.31. The quantitative estimate of drug-likeness (QED) is 0.239. The number of esters is 2. The summed E-state index contributed by atoms with van der Waals surface area (Å²) < 4.78 is 11.8. The molecule has 0 aliphatic carbocycles. The van der Waals surface area contributed by atoms with E-state index < -0.39 is 17.5 Å². The van der Waals surface area contributed by atoms with Crippen molar-refractivity contribution in [3.63, 3.8) is 0 Å². The van der Waals surface area contributed by atoms with Gasteiger partial charge in [0.05, 0.1) is 35.8 Å². The molecular weight excluding hydrogens is 508 g/mol. The number of amides is 1. The number of aliphatic hydroxyl groups is 1. The Morgan fingerprint density at radius 1 is 0.921 bits per heavy atom. The maximum Gasteiger partial charge on any atom is 0.356 e. The number of benzene rings is 3. The summed E-state index contributed by atoms with van der Waals surface area (Å²) in [6, 6.07) is 20.6. The van der Waals surface area contributed by atoms with Crippen molar-refractivity contribution >= 4 is 46.0 Å². The molecule has 0 aliphatic rings. The zero-order valence-corrected chi connectivity index (χ0v) is 21.9. The number of nitrogens with zero attached hydrogens (tertiary/aromatic N) is 1. The Bertz CT molecular complexity index is 1490. The molecular formula is C29H27ClN2O6. The Labute approximate surface area is 224 Å². The third-order valence-electron chi connectivity index (χ3n) is 6.10. The van der Waals surface area contributed by atoms with Crippen molar-refractivity contribution < 1.29 is 29.0 Å². The molecule has 0 saturated heterocycles. The second-order valence-electron chi connectivity index (χ2n) is 8.46. The molecule has 0 spiro atoms. The van der Waals surface area contributed by atoms with Crippen LogP contribution < -0.4 is 5.32 Å². The maximum atomic E-state index is 13.2. The monoisotopic (exact) mass is 534 g/mol. The lowest BCUT2D eigenvalue weighted by Gasteiger charge is -2.27. The Morgan fingerprint density at radius 3 is 2.16 bits per heavy atom. The second kappa shape index (κ2) is 11.1. The van der Waals surface area contributed by atoms with Gasteiger partial charge in [0, 0.05) is 16.0 Å². The molecule has 2 N–H and O–H groups in total. The van der Waals surface area contributed by atoms with E-state index in [9.17, 15) is 19.5 Å². The van der Waals surface area contributed by atoms with Crippen molar-refractivity contribution in [2.75, 3.05) is 18.5 Å². The molecule has 8 nitrogen and oxygen atoms in total. The highest BCUT2D eigenvalue weighted by Gasteiger charge is 2.53. The van der Waals surface area contributed by atoms with Crippen LogP contribution in [0.15, 0.2) is 72.8 Å². The molecule has 1 aromatic heterocycles. The normalized spacial score (nSPS) is 11.3. The topological polar surface area (TPSA) is 107 Å². The van der Waals surface area contributed by atoms with Gasteiger partial charge < -0.3 is 24.5 Å². The van der Waals surface area contributed by atoms with Gasteiger partial charge in [-0.25, -0.2) is 9.59 Å². The van der Waals surface area contributed by atoms with E-state index in [4.69, 9.17) is 21.1 Å². The molecule has 0 bridgehead atoms. The van der Waals surface area contributed by atoms with E-state index in [-0.39, 0.29) is 24.8 Å². The molecule has 0 aliphatic heterocycles. The van der Waals surface area contributed by atoms with Crippen LogP contribution in [-0.2, 0) is 24.7 Å². The molecule has 1 amide bonds. The van der Waals surface area contributed by atoms with Gasteiger partial charge in [0.15, 0.2) is 0 Å². The van der Waals surface area contributed by atoms with Crippen LogP contribution in [-0.4, -0.2) is 40.7 Å². The second-order valence-corrected chi connectivity index (χ2v) is 8.90. The number of para-hydroxylation sites is 2. The van der Waals surface area contributed by atoms with E-state index >= 15 is 0 Å². The van der Waals surface area contributed by atoms with Gasteiger partial charge in [-0.3, -0.25) is 4.79 Å². The molecule has 4 aromatic rings. The predicted molar refractivity (Wildman–Crippen MR) is 145 cm³/mol. The van der Waals surface area contributed by atoms with Crippen LogP contribution in [0.5, 0.6) is 0 Å². The lowest BCUT2D eigenvalue weighted by molar-refractivity contribution is -0.185. The first-order valence-corrected chi connectivity index (χ1v) is 12.4. The van der Waals surface area contributed by atoms with E-state index in [1.54, 1.807) is 92.1 Å². The molecule has 3 aromatic carbocycles. The summed E-state index contributed by atoms with van der Waals surface area (Å²) >= 11 is 6.29. The van der Waals surface area contributed by atoms with Crippen molar-refractivity contribution in [3.8, 4) is 5.69 Å². The van der Waals surface area contributed by atoms with Crippen molar-refractivity contribution in [2.45, 2.75) is 26.4 Å². The largest absolute Gasteiger partial charge is 0.463 e. The number of ether oxygens (including phenoxy) is 2. The molecule has 0 fully saturated rings. The molecule has 0 saturated carbocycles. The number of aromatic nitrogens is 1. The van der Waals surface area contributed by atoms with Crippen LogP contribution in [0.4, 0.5) is 5.69 Å². The number of hydrogen-bond donors (Lipinski definition) is 2. The smallest absolute Gasteiger partial charge is 0.356 e. The minimum Gasteiger partial charge on any atom is -0.463 e. The average Bonchev–Trinajstić information content (AvgIpc) is 3.20. The maximum absolute atomic E-state index is 13.2. The summed E-state index contributed by atoms with van der Waals surface area (Å²) in [6.45, 7) is 4.66. The van der Waals surface area contributed by atoms with Crippen LogP contribution in [0.1, 0.15) is 35.5 Å². The van der Waals surface area contributed by atoms with E-state index in [1.807, 2.05) is 6.07 Å². The number of rotatable bonds is 8. The van der Waals surface area contributed by atoms with Gasteiger partial charge in [0.1, 0.15) is 0 Å². The number of hydrogen-bond acceptors (Lipinski definition) is 6. The predicted octanol–water partition coefficient (Wildman–Crippen LogP) is 5.16. The zero-order chi connectivity index (χ0) is 27.4. The minimum absolute atomic E-state index is 0.0740. The van der Waals surface area contributed by atoms with Crippen LogP contribution in [0, 0.1) is 6.92 Å². The van der Waals surface area contributed by atoms with Gasteiger partial charge in [-0.15, -0.1) is 0 Å². The Hall–Kier alpha value is -4.14. The number of anilines is 1. The van der Waals surface area contributed by atoms with Crippen LogP contribution in [0.3, 0.4) is 0 Å². The summed E-state index contributed by atoms with van der Waals surface area (Å²) in [5.41, 5.74) is -0.710. The number of fused-ring (bicyclic) bond motifs is 1. The van der Waals surface area contributed by atoms with Gasteiger partial charge in [-0.1, -0.05) is 41.9 Å². The number of aryl methyl sites for hydroxylation is 1. The van der Waals surface area contributed by atoms with Crippen molar-refractivity contribution in [1.29, 1.82) is 0 Å². The first-order valence-electron chi connectivity index (χ1n) is 12.1. The van der Waals surface area contributed by atoms with E-state index in [0.717, 1.165) is 0 Å². The first-order chi connectivity index (χ1) is 18.2. The molecule has 1 heterocycles. The van der Waals surface area contributed by atoms with E-state index in [2.05, 4.69) is 5.32 Å². The van der Waals surface area contributed by atoms with E-state index in [1.165, 1.54) is 0 Å². The minimum atomic E-state index is -2.81. The summed E-state index contributed by atoms with van der Waals surface area (Å²) in [5, 5.41) is 15.7. The number of halogens is 1. The lowest BCUT2D eigenvalue weighted by Crippen LogP contribution is -2.48. The van der Waals surface area contributed by atoms with Gasteiger partial charge in [0.2, 0.25) is 0 Å². The standard InChI is InChI=1S/C29H27ClN2O6/c1-4-37-27(34)29(36,28(35)38-5-2)25-18(3)21-17-20(30)15-16-23(21)32(25)24-14-10-9-13-22(24)31-26(33)19-11-7-6-8-12-19/h6-17,36H,4-5H2,1-3H3,(H,31,33). The third-order valence-corrected chi connectivity index (χ3v) is 6.33. The zero-order valence-electron chi connectivity index (χ0n) is 21.2. The number of nitrogens with one attached hydrogen (secondary N) is 1. The van der Waals surface area contributed by atoms with Crippen molar-refractivity contribution in [1.82, 2.24) is 4.57 Å². The lowest BCUT2D eigenvalue weighted by atomic mass is 9.95. The van der Waals surface area contributed by atoms with Crippen molar-refractivity contribution in [3.05, 3.63) is 94.6 Å². The van der Waals surface area contributed by atoms with Gasteiger partial charge in [-0.2, -0.15) is 0 Å². The van der Waals surface area contributed by atoms with Gasteiger partial charge in [0.25, 0.3) is 5.91 Å². The fourth-order valence-electron chi connectivity index (χ4n) is 4.41. The molecule has 196 valence electrons. The fraction of sp³-hybridized carbons (Fsp3) is 0.207. The average molecular weight is 535 g/mol.